The lowest BCUT2D eigenvalue weighted by atomic mass is 10.0. The van der Waals surface area contributed by atoms with E-state index in [0.29, 0.717) is 11.3 Å². The van der Waals surface area contributed by atoms with Crippen LogP contribution in [0.25, 0.3) is 0 Å². The van der Waals surface area contributed by atoms with Crippen molar-refractivity contribution in [3.05, 3.63) is 23.8 Å². The molecule has 0 spiro atoms. The van der Waals surface area contributed by atoms with Gasteiger partial charge in [0.05, 0.1) is 18.7 Å². The first kappa shape index (κ1) is 13.1. The molecule has 0 aromatic heterocycles. The SMILES string of the molecule is COc1cccc(O)c1[C@@H](CF)N1CCNCC1. The average Bonchev–Trinajstić information content (AvgIpc) is 2.42. The molecule has 0 radical (unpaired) electrons. The molecule has 0 amide bonds. The Bertz CT molecular complexity index is 395. The first-order chi connectivity index (χ1) is 8.77. The summed E-state index contributed by atoms with van der Waals surface area (Å²) in [6.45, 7) is 2.69. The van der Waals surface area contributed by atoms with Crippen molar-refractivity contribution in [2.45, 2.75) is 6.04 Å². The standard InChI is InChI=1S/C13H19FN2O2/c1-18-12-4-2-3-11(17)13(12)10(9-14)16-7-5-15-6-8-16/h2-4,10,15,17H,5-9H2,1H3/t10-/m1/s1. The lowest BCUT2D eigenvalue weighted by molar-refractivity contribution is 0.142. The molecule has 2 N–H and O–H groups in total. The van der Waals surface area contributed by atoms with Crippen LogP contribution in [0.4, 0.5) is 4.39 Å². The van der Waals surface area contributed by atoms with Gasteiger partial charge in [0.15, 0.2) is 0 Å². The fourth-order valence-corrected chi connectivity index (χ4v) is 2.40. The van der Waals surface area contributed by atoms with Gasteiger partial charge in [0, 0.05) is 26.2 Å². The highest BCUT2D eigenvalue weighted by molar-refractivity contribution is 5.46. The number of phenolic OH excluding ortho intramolecular Hbond substituents is 1. The third-order valence-electron chi connectivity index (χ3n) is 3.33. The van der Waals surface area contributed by atoms with Crippen molar-refractivity contribution in [2.24, 2.45) is 0 Å². The molecule has 1 heterocycles. The molecule has 1 aromatic carbocycles. The van der Waals surface area contributed by atoms with Crippen LogP contribution in [0, 0.1) is 0 Å². The number of halogens is 1. The summed E-state index contributed by atoms with van der Waals surface area (Å²) < 4.78 is 18.6. The molecule has 1 atom stereocenters. The van der Waals surface area contributed by atoms with Gasteiger partial charge in [0.1, 0.15) is 18.2 Å². The van der Waals surface area contributed by atoms with Crippen molar-refractivity contribution in [3.63, 3.8) is 0 Å². The van der Waals surface area contributed by atoms with E-state index in [0.717, 1.165) is 26.2 Å². The molecule has 4 nitrogen and oxygen atoms in total. The van der Waals surface area contributed by atoms with Crippen LogP contribution in [0.1, 0.15) is 11.6 Å². The molecule has 1 saturated heterocycles. The normalized spacial score (nSPS) is 18.6. The number of methoxy groups -OCH3 is 1. The van der Waals surface area contributed by atoms with Crippen LogP contribution in [0.3, 0.4) is 0 Å². The molecule has 0 unspecified atom stereocenters. The summed E-state index contributed by atoms with van der Waals surface area (Å²) in [5, 5.41) is 13.2. The summed E-state index contributed by atoms with van der Waals surface area (Å²) >= 11 is 0. The minimum Gasteiger partial charge on any atom is -0.507 e. The molecule has 1 aliphatic heterocycles. The van der Waals surface area contributed by atoms with Crippen molar-refractivity contribution in [3.8, 4) is 11.5 Å². The number of ether oxygens (including phenoxy) is 1. The van der Waals surface area contributed by atoms with E-state index in [1.165, 1.54) is 7.11 Å². The fourth-order valence-electron chi connectivity index (χ4n) is 2.40. The lowest BCUT2D eigenvalue weighted by Gasteiger charge is -2.34. The van der Waals surface area contributed by atoms with Gasteiger partial charge in [-0.2, -0.15) is 0 Å². The molecule has 1 aliphatic rings. The highest BCUT2D eigenvalue weighted by Gasteiger charge is 2.27. The Hall–Kier alpha value is -1.33. The first-order valence-corrected chi connectivity index (χ1v) is 6.14. The number of piperazine rings is 1. The zero-order valence-corrected chi connectivity index (χ0v) is 10.5. The molecular weight excluding hydrogens is 235 g/mol. The van der Waals surface area contributed by atoms with E-state index in [-0.39, 0.29) is 5.75 Å². The van der Waals surface area contributed by atoms with Crippen molar-refractivity contribution in [1.29, 1.82) is 0 Å². The number of hydrogen-bond acceptors (Lipinski definition) is 4. The Kier molecular flexibility index (Phi) is 4.38. The second-order valence-corrected chi connectivity index (χ2v) is 4.35. The monoisotopic (exact) mass is 254 g/mol. The van der Waals surface area contributed by atoms with E-state index < -0.39 is 12.7 Å². The molecule has 1 fully saturated rings. The fraction of sp³-hybridized carbons (Fsp3) is 0.538. The number of benzene rings is 1. The van der Waals surface area contributed by atoms with Crippen molar-refractivity contribution < 1.29 is 14.2 Å². The smallest absolute Gasteiger partial charge is 0.127 e. The summed E-state index contributed by atoms with van der Waals surface area (Å²) in [4.78, 5) is 2.04. The second-order valence-electron chi connectivity index (χ2n) is 4.35. The van der Waals surface area contributed by atoms with Gasteiger partial charge >= 0.3 is 0 Å². The van der Waals surface area contributed by atoms with E-state index in [2.05, 4.69) is 5.32 Å². The Morgan fingerprint density at radius 1 is 1.44 bits per heavy atom. The molecule has 18 heavy (non-hydrogen) atoms. The van der Waals surface area contributed by atoms with Gasteiger partial charge in [-0.3, -0.25) is 4.90 Å². The Morgan fingerprint density at radius 2 is 2.17 bits per heavy atom. The van der Waals surface area contributed by atoms with E-state index in [9.17, 15) is 9.50 Å². The molecule has 0 aliphatic carbocycles. The minimum atomic E-state index is -0.534. The maximum atomic E-state index is 13.4. The quantitative estimate of drug-likeness (QED) is 0.850. The average molecular weight is 254 g/mol. The molecule has 0 saturated carbocycles. The first-order valence-electron chi connectivity index (χ1n) is 6.14. The Labute approximate surface area is 106 Å². The Balaban J connectivity index is 2.31. The van der Waals surface area contributed by atoms with Crippen LogP contribution < -0.4 is 10.1 Å². The minimum absolute atomic E-state index is 0.0931. The van der Waals surface area contributed by atoms with Gasteiger partial charge in [0.25, 0.3) is 0 Å². The highest BCUT2D eigenvalue weighted by Crippen LogP contribution is 2.36. The van der Waals surface area contributed by atoms with Gasteiger partial charge in [-0.05, 0) is 12.1 Å². The summed E-state index contributed by atoms with van der Waals surface area (Å²) in [6, 6.07) is 4.58. The third-order valence-corrected chi connectivity index (χ3v) is 3.33. The van der Waals surface area contributed by atoms with E-state index >= 15 is 0 Å². The van der Waals surface area contributed by atoms with Gasteiger partial charge in [-0.1, -0.05) is 6.07 Å². The summed E-state index contributed by atoms with van der Waals surface area (Å²) in [6.07, 6.45) is 0. The van der Waals surface area contributed by atoms with Gasteiger partial charge < -0.3 is 15.2 Å². The van der Waals surface area contributed by atoms with E-state index in [1.54, 1.807) is 18.2 Å². The zero-order valence-electron chi connectivity index (χ0n) is 10.5. The van der Waals surface area contributed by atoms with Crippen LogP contribution in [-0.2, 0) is 0 Å². The van der Waals surface area contributed by atoms with E-state index in [4.69, 9.17) is 4.74 Å². The number of nitrogens with zero attached hydrogens (tertiary/aromatic N) is 1. The molecule has 1 aromatic rings. The summed E-state index contributed by atoms with van der Waals surface area (Å²) in [5.74, 6) is 0.631. The second kappa shape index (κ2) is 6.02. The number of nitrogens with one attached hydrogen (secondary N) is 1. The van der Waals surface area contributed by atoms with Crippen molar-refractivity contribution in [1.82, 2.24) is 10.2 Å². The number of aromatic hydroxyl groups is 1. The van der Waals surface area contributed by atoms with Gasteiger partial charge in [-0.25, -0.2) is 4.39 Å². The number of rotatable bonds is 4. The van der Waals surface area contributed by atoms with Crippen molar-refractivity contribution in [2.75, 3.05) is 40.0 Å². The molecule has 100 valence electrons. The van der Waals surface area contributed by atoms with E-state index in [1.807, 2.05) is 4.90 Å². The van der Waals surface area contributed by atoms with Crippen LogP contribution in [0.15, 0.2) is 18.2 Å². The number of alkyl halides is 1. The maximum Gasteiger partial charge on any atom is 0.127 e. The molecular formula is C13H19FN2O2. The van der Waals surface area contributed by atoms with Crippen LogP contribution in [0.5, 0.6) is 11.5 Å². The highest BCUT2D eigenvalue weighted by atomic mass is 19.1. The molecule has 2 rings (SSSR count). The van der Waals surface area contributed by atoms with Crippen LogP contribution >= 0.6 is 0 Å². The topological polar surface area (TPSA) is 44.7 Å². The summed E-state index contributed by atoms with van der Waals surface area (Å²) in [7, 11) is 1.53. The van der Waals surface area contributed by atoms with Crippen LogP contribution in [0.2, 0.25) is 0 Å². The van der Waals surface area contributed by atoms with Gasteiger partial charge in [0.2, 0.25) is 0 Å². The number of phenols is 1. The zero-order chi connectivity index (χ0) is 13.0. The third kappa shape index (κ3) is 2.57. The van der Waals surface area contributed by atoms with Crippen LogP contribution in [-0.4, -0.2) is 50.0 Å². The molecule has 5 heteroatoms. The molecule has 0 bridgehead atoms. The van der Waals surface area contributed by atoms with Crippen molar-refractivity contribution >= 4 is 0 Å². The predicted molar refractivity (Wildman–Crippen MR) is 67.8 cm³/mol. The summed E-state index contributed by atoms with van der Waals surface area (Å²) in [5.41, 5.74) is 0.546. The Morgan fingerprint density at radius 3 is 2.78 bits per heavy atom. The lowest BCUT2D eigenvalue weighted by Crippen LogP contribution is -2.45. The maximum absolute atomic E-state index is 13.4. The number of hydrogen-bond donors (Lipinski definition) is 2. The predicted octanol–water partition coefficient (Wildman–Crippen LogP) is 1.32. The van der Waals surface area contributed by atoms with Gasteiger partial charge in [-0.15, -0.1) is 0 Å². The largest absolute Gasteiger partial charge is 0.507 e.